The number of alkyl halides is 1. The van der Waals surface area contributed by atoms with Gasteiger partial charge in [0.1, 0.15) is 12.4 Å². The fourth-order valence-corrected chi connectivity index (χ4v) is 2.56. The number of hydrogen-bond donors (Lipinski definition) is 0. The Hall–Kier alpha value is -1.30. The van der Waals surface area contributed by atoms with Gasteiger partial charge in [-0.05, 0) is 24.3 Å². The second-order valence-corrected chi connectivity index (χ2v) is 5.80. The zero-order chi connectivity index (χ0) is 15.4. The molecule has 0 radical (unpaired) electrons. The summed E-state index contributed by atoms with van der Waals surface area (Å²) in [5, 5.41) is 11.0. The maximum atomic E-state index is 10.7. The molecule has 0 saturated heterocycles. The van der Waals surface area contributed by atoms with Crippen LogP contribution in [0.4, 0.5) is 5.69 Å². The fraction of sp³-hybridized carbons (Fsp3) is 0.143. The van der Waals surface area contributed by atoms with Gasteiger partial charge in [-0.2, -0.15) is 0 Å². The van der Waals surface area contributed by atoms with E-state index < -0.39 is 4.92 Å². The lowest BCUT2D eigenvalue weighted by Gasteiger charge is -2.11. The molecule has 2 aromatic carbocycles. The van der Waals surface area contributed by atoms with E-state index in [2.05, 4.69) is 15.9 Å². The Morgan fingerprint density at radius 2 is 1.95 bits per heavy atom. The molecule has 0 bridgehead atoms. The predicted molar refractivity (Wildman–Crippen MR) is 86.1 cm³/mol. The third kappa shape index (κ3) is 4.09. The van der Waals surface area contributed by atoms with Crippen LogP contribution in [0, 0.1) is 10.1 Å². The smallest absolute Gasteiger partial charge is 0.270 e. The summed E-state index contributed by atoms with van der Waals surface area (Å²) in [5.74, 6) is 0.977. The van der Waals surface area contributed by atoms with Crippen molar-refractivity contribution < 1.29 is 9.66 Å². The third-order valence-electron chi connectivity index (χ3n) is 2.80. The minimum absolute atomic E-state index is 0.0474. The predicted octanol–water partition coefficient (Wildman–Crippen LogP) is 5.33. The maximum absolute atomic E-state index is 10.7. The summed E-state index contributed by atoms with van der Waals surface area (Å²) in [7, 11) is 0. The van der Waals surface area contributed by atoms with Crippen LogP contribution in [0.25, 0.3) is 0 Å². The van der Waals surface area contributed by atoms with Crippen LogP contribution < -0.4 is 4.74 Å². The highest BCUT2D eigenvalue weighted by molar-refractivity contribution is 9.10. The molecule has 7 heteroatoms. The molecule has 21 heavy (non-hydrogen) atoms. The van der Waals surface area contributed by atoms with Gasteiger partial charge in [-0.15, -0.1) is 11.6 Å². The van der Waals surface area contributed by atoms with E-state index in [-0.39, 0.29) is 12.3 Å². The molecule has 0 heterocycles. The van der Waals surface area contributed by atoms with E-state index >= 15 is 0 Å². The van der Waals surface area contributed by atoms with Crippen LogP contribution in [0.2, 0.25) is 5.02 Å². The molecule has 0 amide bonds. The number of nitro benzene ring substituents is 1. The van der Waals surface area contributed by atoms with Gasteiger partial charge in [-0.1, -0.05) is 27.5 Å². The van der Waals surface area contributed by atoms with Crippen LogP contribution in [-0.2, 0) is 12.5 Å². The van der Waals surface area contributed by atoms with Gasteiger partial charge in [0.2, 0.25) is 0 Å². The summed E-state index contributed by atoms with van der Waals surface area (Å²) in [5.41, 5.74) is 1.48. The van der Waals surface area contributed by atoms with Gasteiger partial charge >= 0.3 is 0 Å². The molecule has 2 aromatic rings. The Kier molecular flexibility index (Phi) is 5.45. The minimum atomic E-state index is -0.489. The molecule has 0 saturated carbocycles. The van der Waals surface area contributed by atoms with Gasteiger partial charge in [0.25, 0.3) is 5.69 Å². The number of halogens is 3. The Bertz CT molecular complexity index is 679. The molecule has 0 fully saturated rings. The highest BCUT2D eigenvalue weighted by Crippen LogP contribution is 2.27. The summed E-state index contributed by atoms with van der Waals surface area (Å²) >= 11 is 15.3. The van der Waals surface area contributed by atoms with Gasteiger partial charge in [0.15, 0.2) is 0 Å². The monoisotopic (exact) mass is 389 g/mol. The number of nitrogens with zero attached hydrogens (tertiary/aromatic N) is 1. The van der Waals surface area contributed by atoms with E-state index in [1.807, 2.05) is 12.1 Å². The Morgan fingerprint density at radius 1 is 1.19 bits per heavy atom. The molecule has 0 spiro atoms. The van der Waals surface area contributed by atoms with Crippen molar-refractivity contribution in [3.8, 4) is 5.75 Å². The van der Waals surface area contributed by atoms with Crippen molar-refractivity contribution in [3.63, 3.8) is 0 Å². The highest BCUT2D eigenvalue weighted by Gasteiger charge is 2.11. The number of rotatable bonds is 5. The van der Waals surface area contributed by atoms with Crippen LogP contribution >= 0.6 is 39.1 Å². The van der Waals surface area contributed by atoms with E-state index in [1.54, 1.807) is 12.1 Å². The van der Waals surface area contributed by atoms with E-state index in [4.69, 9.17) is 27.9 Å². The molecular formula is C14H10BrCl2NO3. The van der Waals surface area contributed by atoms with Crippen molar-refractivity contribution in [2.75, 3.05) is 0 Å². The molecular weight excluding hydrogens is 381 g/mol. The highest BCUT2D eigenvalue weighted by atomic mass is 79.9. The van der Waals surface area contributed by atoms with E-state index in [9.17, 15) is 10.1 Å². The first-order valence-electron chi connectivity index (χ1n) is 5.91. The molecule has 0 aromatic heterocycles. The quantitative estimate of drug-likeness (QED) is 0.394. The first kappa shape index (κ1) is 16.1. The lowest BCUT2D eigenvalue weighted by molar-refractivity contribution is -0.384. The van der Waals surface area contributed by atoms with Gasteiger partial charge in [-0.25, -0.2) is 0 Å². The normalized spacial score (nSPS) is 10.4. The van der Waals surface area contributed by atoms with E-state index in [0.717, 1.165) is 10.0 Å². The number of ether oxygens (including phenoxy) is 1. The lowest BCUT2D eigenvalue weighted by atomic mass is 10.2. The van der Waals surface area contributed by atoms with E-state index in [0.29, 0.717) is 22.2 Å². The Balaban J connectivity index is 2.15. The lowest BCUT2D eigenvalue weighted by Crippen LogP contribution is -1.99. The van der Waals surface area contributed by atoms with Crippen LogP contribution in [0.5, 0.6) is 5.75 Å². The average Bonchev–Trinajstić information content (AvgIpc) is 2.46. The SMILES string of the molecule is O=[N+]([O-])c1ccc(COc2ccc(Br)cc2CCl)c(Cl)c1. The van der Waals surface area contributed by atoms with Crippen LogP contribution in [0.15, 0.2) is 40.9 Å². The molecule has 0 unspecified atom stereocenters. The van der Waals surface area contributed by atoms with Crippen molar-refractivity contribution in [2.45, 2.75) is 12.5 Å². The second-order valence-electron chi connectivity index (χ2n) is 4.21. The largest absolute Gasteiger partial charge is 0.489 e. The van der Waals surface area contributed by atoms with E-state index in [1.165, 1.54) is 12.1 Å². The number of nitro groups is 1. The Labute approximate surface area is 139 Å². The first-order chi connectivity index (χ1) is 10.0. The summed E-state index contributed by atoms with van der Waals surface area (Å²) in [6.07, 6.45) is 0. The summed E-state index contributed by atoms with van der Waals surface area (Å²) in [4.78, 5) is 10.2. The number of benzene rings is 2. The molecule has 0 N–H and O–H groups in total. The number of non-ortho nitro benzene ring substituents is 1. The Morgan fingerprint density at radius 3 is 2.57 bits per heavy atom. The molecule has 0 atom stereocenters. The van der Waals surface area contributed by atoms with Crippen LogP contribution in [0.1, 0.15) is 11.1 Å². The van der Waals surface area contributed by atoms with Crippen LogP contribution in [0.3, 0.4) is 0 Å². The van der Waals surface area contributed by atoms with Gasteiger partial charge < -0.3 is 4.74 Å². The summed E-state index contributed by atoms with van der Waals surface area (Å²) in [6.45, 7) is 0.211. The van der Waals surface area contributed by atoms with Crippen molar-refractivity contribution in [1.29, 1.82) is 0 Å². The zero-order valence-corrected chi connectivity index (χ0v) is 13.8. The molecule has 4 nitrogen and oxygen atoms in total. The second kappa shape index (κ2) is 7.11. The topological polar surface area (TPSA) is 52.4 Å². The maximum Gasteiger partial charge on any atom is 0.270 e. The summed E-state index contributed by atoms with van der Waals surface area (Å²) < 4.78 is 6.61. The first-order valence-corrected chi connectivity index (χ1v) is 7.62. The molecule has 110 valence electrons. The minimum Gasteiger partial charge on any atom is -0.489 e. The van der Waals surface area contributed by atoms with Crippen molar-refractivity contribution in [1.82, 2.24) is 0 Å². The standard InChI is InChI=1S/C14H10BrCl2NO3/c15-11-2-4-14(10(5-11)7-16)21-8-9-1-3-12(18(19)20)6-13(9)17/h1-6H,7-8H2. The molecule has 0 aliphatic rings. The average molecular weight is 391 g/mol. The van der Waals surface area contributed by atoms with Crippen molar-refractivity contribution >= 4 is 44.8 Å². The van der Waals surface area contributed by atoms with Crippen LogP contribution in [-0.4, -0.2) is 4.92 Å². The molecule has 0 aliphatic carbocycles. The third-order valence-corrected chi connectivity index (χ3v) is 3.93. The fourth-order valence-electron chi connectivity index (χ4n) is 1.72. The summed E-state index contributed by atoms with van der Waals surface area (Å²) in [6, 6.07) is 9.82. The number of hydrogen-bond acceptors (Lipinski definition) is 3. The van der Waals surface area contributed by atoms with Gasteiger partial charge in [0, 0.05) is 27.7 Å². The van der Waals surface area contributed by atoms with Gasteiger partial charge in [0.05, 0.1) is 15.8 Å². The van der Waals surface area contributed by atoms with Crippen molar-refractivity contribution in [2.24, 2.45) is 0 Å². The molecule has 0 aliphatic heterocycles. The zero-order valence-electron chi connectivity index (χ0n) is 10.7. The molecule has 2 rings (SSSR count). The van der Waals surface area contributed by atoms with Crippen molar-refractivity contribution in [3.05, 3.63) is 67.1 Å². The van der Waals surface area contributed by atoms with Gasteiger partial charge in [-0.3, -0.25) is 10.1 Å².